The molecule has 1 fully saturated rings. The van der Waals surface area contributed by atoms with Crippen LogP contribution in [0, 0.1) is 12.8 Å². The van der Waals surface area contributed by atoms with E-state index < -0.39 is 14.4 Å². The minimum Gasteiger partial charge on any atom is -0.449 e. The van der Waals surface area contributed by atoms with Gasteiger partial charge in [0.1, 0.15) is 23.9 Å². The molecule has 1 aromatic rings. The number of hydrogen-bond acceptors (Lipinski definition) is 5. The molecule has 0 aromatic carbocycles. The van der Waals surface area contributed by atoms with Crippen LogP contribution in [0.5, 0.6) is 0 Å². The molecule has 3 unspecified atom stereocenters. The number of oxazole rings is 1. The number of aryl methyl sites for hydroxylation is 1. The smallest absolute Gasteiger partial charge is 0.193 e. The van der Waals surface area contributed by atoms with Crippen LogP contribution < -0.4 is 0 Å². The first kappa shape index (κ1) is 29.9. The predicted octanol–water partition coefficient (Wildman–Crippen LogP) is 8.37. The van der Waals surface area contributed by atoms with Crippen molar-refractivity contribution in [2.24, 2.45) is 5.92 Å². The number of halogens is 1. The highest BCUT2D eigenvalue weighted by molar-refractivity contribution is 6.74. The second-order valence-electron chi connectivity index (χ2n) is 11.6. The van der Waals surface area contributed by atoms with Crippen LogP contribution in [-0.2, 0) is 13.9 Å². The zero-order valence-corrected chi connectivity index (χ0v) is 24.3. The van der Waals surface area contributed by atoms with E-state index in [9.17, 15) is 0 Å². The van der Waals surface area contributed by atoms with Crippen molar-refractivity contribution in [1.82, 2.24) is 4.98 Å². The average Bonchev–Trinajstić information content (AvgIpc) is 3.19. The van der Waals surface area contributed by atoms with Crippen LogP contribution in [0.4, 0.5) is 4.39 Å². The SMILES string of the molecule is CC(=CCC(O[Si](C)(C)C(C)(C)C)C(F)=Cc1coc(C)n1)CCCC(C)COC1CCCCO1. The summed E-state index contributed by atoms with van der Waals surface area (Å²) in [6.45, 7) is 18.5. The fourth-order valence-electron chi connectivity index (χ4n) is 3.77. The van der Waals surface area contributed by atoms with Gasteiger partial charge in [0.25, 0.3) is 0 Å². The standard InChI is InChI=1S/C28H48FNO4Si/c1-21(12-11-13-22(2)19-33-27-14-9-10-17-31-27)15-16-26(34-35(7,8)28(4,5)6)25(29)18-24-20-32-23(3)30-24/h15,18,20,22,26-27H,9-14,16-17,19H2,1-8H3. The fourth-order valence-corrected chi connectivity index (χ4v) is 5.04. The molecular weight excluding hydrogens is 461 g/mol. The Morgan fingerprint density at radius 2 is 2.06 bits per heavy atom. The fraction of sp³-hybridized carbons (Fsp3) is 0.750. The van der Waals surface area contributed by atoms with Crippen LogP contribution in [0.1, 0.15) is 91.1 Å². The van der Waals surface area contributed by atoms with Gasteiger partial charge in [0.15, 0.2) is 20.5 Å². The molecule has 3 atom stereocenters. The maximum atomic E-state index is 15.4. The van der Waals surface area contributed by atoms with Gasteiger partial charge in [-0.25, -0.2) is 9.37 Å². The highest BCUT2D eigenvalue weighted by Crippen LogP contribution is 2.39. The van der Waals surface area contributed by atoms with Crippen molar-refractivity contribution in [2.75, 3.05) is 13.2 Å². The molecule has 5 nitrogen and oxygen atoms in total. The van der Waals surface area contributed by atoms with Crippen LogP contribution >= 0.6 is 0 Å². The van der Waals surface area contributed by atoms with E-state index in [2.05, 4.69) is 58.8 Å². The minimum absolute atomic E-state index is 0.00432. The Hall–Kier alpha value is -1.28. The molecule has 0 saturated carbocycles. The van der Waals surface area contributed by atoms with Gasteiger partial charge in [0.2, 0.25) is 0 Å². The lowest BCUT2D eigenvalue weighted by atomic mass is 10.0. The largest absolute Gasteiger partial charge is 0.449 e. The van der Waals surface area contributed by atoms with Crippen molar-refractivity contribution in [2.45, 2.75) is 117 Å². The van der Waals surface area contributed by atoms with E-state index in [1.54, 1.807) is 6.92 Å². The first-order valence-corrected chi connectivity index (χ1v) is 16.1. The van der Waals surface area contributed by atoms with E-state index in [0.29, 0.717) is 23.9 Å². The van der Waals surface area contributed by atoms with E-state index in [4.69, 9.17) is 18.3 Å². The maximum Gasteiger partial charge on any atom is 0.193 e. The molecule has 200 valence electrons. The Bertz CT molecular complexity index is 821. The molecule has 0 amide bonds. The van der Waals surface area contributed by atoms with Gasteiger partial charge in [-0.05, 0) is 75.9 Å². The van der Waals surface area contributed by atoms with Crippen molar-refractivity contribution < 1.29 is 22.7 Å². The maximum absolute atomic E-state index is 15.4. The van der Waals surface area contributed by atoms with Crippen LogP contribution in [0.25, 0.3) is 6.08 Å². The predicted molar refractivity (Wildman–Crippen MR) is 143 cm³/mol. The van der Waals surface area contributed by atoms with Crippen molar-refractivity contribution in [3.05, 3.63) is 35.3 Å². The van der Waals surface area contributed by atoms with Gasteiger partial charge in [-0.15, -0.1) is 0 Å². The molecule has 2 heterocycles. The molecule has 7 heteroatoms. The minimum atomic E-state index is -2.16. The summed E-state index contributed by atoms with van der Waals surface area (Å²) >= 11 is 0. The molecule has 1 saturated heterocycles. The first-order valence-electron chi connectivity index (χ1n) is 13.2. The molecule has 35 heavy (non-hydrogen) atoms. The molecule has 1 aliphatic heterocycles. The third-order valence-corrected chi connectivity index (χ3v) is 11.6. The van der Waals surface area contributed by atoms with Crippen molar-refractivity contribution in [1.29, 1.82) is 0 Å². The van der Waals surface area contributed by atoms with Crippen molar-refractivity contribution in [3.8, 4) is 0 Å². The zero-order chi connectivity index (χ0) is 26.1. The van der Waals surface area contributed by atoms with E-state index in [0.717, 1.165) is 45.3 Å². The van der Waals surface area contributed by atoms with Crippen LogP contribution in [0.2, 0.25) is 18.1 Å². The lowest BCUT2D eigenvalue weighted by Crippen LogP contribution is -2.44. The molecule has 0 radical (unpaired) electrons. The second kappa shape index (κ2) is 13.9. The van der Waals surface area contributed by atoms with Gasteiger partial charge < -0.3 is 18.3 Å². The number of rotatable bonds is 13. The topological polar surface area (TPSA) is 53.7 Å². The summed E-state index contributed by atoms with van der Waals surface area (Å²) < 4.78 is 38.6. The third kappa shape index (κ3) is 10.7. The van der Waals surface area contributed by atoms with Crippen LogP contribution in [0.15, 0.2) is 28.2 Å². The van der Waals surface area contributed by atoms with Gasteiger partial charge in [0.05, 0.1) is 6.61 Å². The monoisotopic (exact) mass is 509 g/mol. The molecule has 0 aliphatic carbocycles. The number of nitrogens with zero attached hydrogens (tertiary/aromatic N) is 1. The quantitative estimate of drug-likeness (QED) is 0.197. The first-order chi connectivity index (χ1) is 16.4. The number of allylic oxidation sites excluding steroid dienone is 1. The van der Waals surface area contributed by atoms with Gasteiger partial charge in [-0.3, -0.25) is 0 Å². The Morgan fingerprint density at radius 1 is 1.31 bits per heavy atom. The molecule has 1 aliphatic rings. The van der Waals surface area contributed by atoms with Gasteiger partial charge in [-0.2, -0.15) is 0 Å². The van der Waals surface area contributed by atoms with Crippen molar-refractivity contribution in [3.63, 3.8) is 0 Å². The molecule has 0 N–H and O–H groups in total. The highest BCUT2D eigenvalue weighted by atomic mass is 28.4. The van der Waals surface area contributed by atoms with E-state index in [1.807, 2.05) is 0 Å². The summed E-state index contributed by atoms with van der Waals surface area (Å²) in [4.78, 5) is 4.21. The average molecular weight is 510 g/mol. The Morgan fingerprint density at radius 3 is 2.66 bits per heavy atom. The summed E-state index contributed by atoms with van der Waals surface area (Å²) in [6, 6.07) is 0. The van der Waals surface area contributed by atoms with Crippen LogP contribution in [-0.4, -0.2) is 38.9 Å². The number of ether oxygens (including phenoxy) is 2. The van der Waals surface area contributed by atoms with Crippen molar-refractivity contribution >= 4 is 14.4 Å². The molecule has 1 aromatic heterocycles. The second-order valence-corrected chi connectivity index (χ2v) is 16.4. The summed E-state index contributed by atoms with van der Waals surface area (Å²) in [6.07, 6.45) is 11.4. The van der Waals surface area contributed by atoms with Gasteiger partial charge in [-0.1, -0.05) is 39.3 Å². The van der Waals surface area contributed by atoms with E-state index in [-0.39, 0.29) is 17.2 Å². The summed E-state index contributed by atoms with van der Waals surface area (Å²) in [5.41, 5.74) is 1.75. The molecule has 0 spiro atoms. The Kier molecular flexibility index (Phi) is 11.9. The normalized spacial score (nSPS) is 20.2. The zero-order valence-electron chi connectivity index (χ0n) is 23.3. The summed E-state index contributed by atoms with van der Waals surface area (Å²) in [7, 11) is -2.16. The van der Waals surface area contributed by atoms with Gasteiger partial charge in [0, 0.05) is 19.6 Å². The number of hydrogen-bond donors (Lipinski definition) is 0. The lowest BCUT2D eigenvalue weighted by Gasteiger charge is -2.38. The molecule has 2 rings (SSSR count). The summed E-state index contributed by atoms with van der Waals surface area (Å²) in [5.74, 6) is 0.713. The Labute approximate surface area is 213 Å². The Balaban J connectivity index is 1.91. The highest BCUT2D eigenvalue weighted by Gasteiger charge is 2.39. The number of aromatic nitrogens is 1. The lowest BCUT2D eigenvalue weighted by molar-refractivity contribution is -0.168. The van der Waals surface area contributed by atoms with E-state index >= 15 is 4.39 Å². The molecule has 0 bridgehead atoms. The van der Waals surface area contributed by atoms with Crippen LogP contribution in [0.3, 0.4) is 0 Å². The van der Waals surface area contributed by atoms with E-state index in [1.165, 1.54) is 24.3 Å². The summed E-state index contributed by atoms with van der Waals surface area (Å²) in [5, 5.41) is -0.00432. The molecular formula is C28H48FNO4Si. The van der Waals surface area contributed by atoms with Gasteiger partial charge >= 0.3 is 0 Å². The third-order valence-electron chi connectivity index (χ3n) is 7.13.